The van der Waals surface area contributed by atoms with E-state index in [0.29, 0.717) is 11.9 Å². The van der Waals surface area contributed by atoms with E-state index in [1.807, 2.05) is 0 Å². The predicted octanol–water partition coefficient (Wildman–Crippen LogP) is 2.71. The summed E-state index contributed by atoms with van der Waals surface area (Å²) >= 11 is 0. The highest BCUT2D eigenvalue weighted by molar-refractivity contribution is 5.84. The first-order valence-corrected chi connectivity index (χ1v) is 8.39. The molecule has 0 spiro atoms. The topological polar surface area (TPSA) is 32.3 Å². The van der Waals surface area contributed by atoms with Crippen LogP contribution in [-0.4, -0.2) is 36.5 Å². The molecule has 1 heterocycles. The maximum absolute atomic E-state index is 13.0. The summed E-state index contributed by atoms with van der Waals surface area (Å²) in [6.45, 7) is 4.88. The van der Waals surface area contributed by atoms with Crippen molar-refractivity contribution < 1.29 is 4.79 Å². The first-order chi connectivity index (χ1) is 10.3. The maximum atomic E-state index is 13.0. The first-order valence-electron chi connectivity index (χ1n) is 8.39. The number of hydrogen-bond donors (Lipinski definition) is 1. The molecule has 21 heavy (non-hydrogen) atoms. The number of fused-ring (bicyclic) bond motifs is 1. The van der Waals surface area contributed by atoms with Crippen molar-refractivity contribution in [2.24, 2.45) is 0 Å². The van der Waals surface area contributed by atoms with Gasteiger partial charge in [0.25, 0.3) is 0 Å². The van der Waals surface area contributed by atoms with Crippen LogP contribution >= 0.6 is 0 Å². The average Bonchev–Trinajstić information content (AvgIpc) is 3.04. The monoisotopic (exact) mass is 286 g/mol. The van der Waals surface area contributed by atoms with Crippen molar-refractivity contribution in [3.63, 3.8) is 0 Å². The number of aryl methyl sites for hydroxylation is 1. The molecule has 3 rings (SSSR count). The second-order valence-corrected chi connectivity index (χ2v) is 6.31. The Labute approximate surface area is 127 Å². The van der Waals surface area contributed by atoms with Crippen molar-refractivity contribution in [1.82, 2.24) is 10.2 Å². The number of nitrogens with zero attached hydrogens (tertiary/aromatic N) is 1. The van der Waals surface area contributed by atoms with Gasteiger partial charge in [-0.15, -0.1) is 0 Å². The molecule has 0 bridgehead atoms. The number of carbonyl (C=O) groups excluding carboxylic acids is 1. The third kappa shape index (κ3) is 3.13. The zero-order chi connectivity index (χ0) is 14.7. The molecule has 1 fully saturated rings. The number of benzene rings is 1. The third-order valence-electron chi connectivity index (χ3n) is 4.96. The smallest absolute Gasteiger partial charge is 0.230 e. The third-order valence-corrected chi connectivity index (χ3v) is 4.96. The van der Waals surface area contributed by atoms with Gasteiger partial charge < -0.3 is 10.2 Å². The lowest BCUT2D eigenvalue weighted by molar-refractivity contribution is -0.133. The Hall–Kier alpha value is -1.35. The molecule has 2 unspecified atom stereocenters. The summed E-state index contributed by atoms with van der Waals surface area (Å²) in [7, 11) is 0. The minimum Gasteiger partial charge on any atom is -0.341 e. The summed E-state index contributed by atoms with van der Waals surface area (Å²) in [5.41, 5.74) is 2.64. The Bertz CT molecular complexity index is 494. The second kappa shape index (κ2) is 6.61. The molecule has 114 valence electrons. The Morgan fingerprint density at radius 1 is 1.29 bits per heavy atom. The molecule has 2 aliphatic rings. The van der Waals surface area contributed by atoms with Gasteiger partial charge in [0.2, 0.25) is 5.91 Å². The fraction of sp³-hybridized carbons (Fsp3) is 0.611. The average molecular weight is 286 g/mol. The van der Waals surface area contributed by atoms with E-state index >= 15 is 0 Å². The van der Waals surface area contributed by atoms with E-state index in [0.717, 1.165) is 38.9 Å². The van der Waals surface area contributed by atoms with Crippen LogP contribution in [0.15, 0.2) is 24.3 Å². The number of amides is 1. The van der Waals surface area contributed by atoms with Crippen molar-refractivity contribution in [3.8, 4) is 0 Å². The minimum absolute atomic E-state index is 0.0799. The highest BCUT2D eigenvalue weighted by Crippen LogP contribution is 2.33. The standard InChI is InChI=1S/C18H26N2O/c1-2-20(13-15-9-6-12-19-15)18(21)17-11-5-8-14-7-3-4-10-16(14)17/h3-4,7,10,15,17,19H,2,5-6,8-9,11-13H2,1H3. The minimum atomic E-state index is 0.0799. The molecule has 0 saturated carbocycles. The Balaban J connectivity index is 1.74. The maximum Gasteiger partial charge on any atom is 0.230 e. The van der Waals surface area contributed by atoms with E-state index in [-0.39, 0.29) is 5.92 Å². The van der Waals surface area contributed by atoms with Crippen molar-refractivity contribution >= 4 is 5.91 Å². The van der Waals surface area contributed by atoms with Crippen LogP contribution < -0.4 is 5.32 Å². The molecule has 3 heteroatoms. The van der Waals surface area contributed by atoms with Gasteiger partial charge in [-0.2, -0.15) is 0 Å². The fourth-order valence-corrected chi connectivity index (χ4v) is 3.78. The highest BCUT2D eigenvalue weighted by atomic mass is 16.2. The molecule has 1 N–H and O–H groups in total. The van der Waals surface area contributed by atoms with E-state index in [4.69, 9.17) is 0 Å². The molecule has 0 aromatic heterocycles. The molecule has 3 nitrogen and oxygen atoms in total. The summed E-state index contributed by atoms with van der Waals surface area (Å²) in [5.74, 6) is 0.412. The van der Waals surface area contributed by atoms with E-state index in [1.54, 1.807) is 0 Å². The van der Waals surface area contributed by atoms with Gasteiger partial charge in [-0.1, -0.05) is 24.3 Å². The van der Waals surface area contributed by atoms with Gasteiger partial charge in [-0.3, -0.25) is 4.79 Å². The van der Waals surface area contributed by atoms with E-state index in [2.05, 4.69) is 41.4 Å². The van der Waals surface area contributed by atoms with E-state index in [9.17, 15) is 4.79 Å². The van der Waals surface area contributed by atoms with E-state index < -0.39 is 0 Å². The predicted molar refractivity (Wildman–Crippen MR) is 85.4 cm³/mol. The van der Waals surface area contributed by atoms with Crippen LogP contribution in [0, 0.1) is 0 Å². The second-order valence-electron chi connectivity index (χ2n) is 6.31. The number of rotatable bonds is 4. The van der Waals surface area contributed by atoms with Gasteiger partial charge >= 0.3 is 0 Å². The summed E-state index contributed by atoms with van der Waals surface area (Å²) in [6, 6.07) is 8.99. The van der Waals surface area contributed by atoms with Crippen molar-refractivity contribution in [1.29, 1.82) is 0 Å². The molecule has 1 aliphatic carbocycles. The molecule has 2 atom stereocenters. The van der Waals surface area contributed by atoms with Gasteiger partial charge in [0, 0.05) is 19.1 Å². The van der Waals surface area contributed by atoms with Crippen LogP contribution in [0.1, 0.15) is 49.7 Å². The van der Waals surface area contributed by atoms with Gasteiger partial charge in [0.15, 0.2) is 0 Å². The summed E-state index contributed by atoms with van der Waals surface area (Å²) in [4.78, 5) is 15.0. The highest BCUT2D eigenvalue weighted by Gasteiger charge is 2.30. The normalized spacial score (nSPS) is 24.6. The van der Waals surface area contributed by atoms with Gasteiger partial charge in [-0.25, -0.2) is 0 Å². The lowest BCUT2D eigenvalue weighted by atomic mass is 9.82. The van der Waals surface area contributed by atoms with Crippen LogP contribution in [0.5, 0.6) is 0 Å². The van der Waals surface area contributed by atoms with Crippen molar-refractivity contribution in [2.45, 2.75) is 51.0 Å². The molecular weight excluding hydrogens is 260 g/mol. The van der Waals surface area contributed by atoms with E-state index in [1.165, 1.54) is 24.0 Å². The van der Waals surface area contributed by atoms with Crippen LogP contribution in [0.2, 0.25) is 0 Å². The van der Waals surface area contributed by atoms with Crippen LogP contribution in [0.4, 0.5) is 0 Å². The molecule has 1 aromatic rings. The molecule has 1 saturated heterocycles. The first kappa shape index (κ1) is 14.6. The molecule has 0 radical (unpaired) electrons. The molecule has 1 aromatic carbocycles. The molecule has 1 aliphatic heterocycles. The zero-order valence-corrected chi connectivity index (χ0v) is 13.0. The summed E-state index contributed by atoms with van der Waals surface area (Å²) < 4.78 is 0. The molecule has 1 amide bonds. The number of hydrogen-bond acceptors (Lipinski definition) is 2. The largest absolute Gasteiger partial charge is 0.341 e. The van der Waals surface area contributed by atoms with Gasteiger partial charge in [-0.05, 0) is 56.7 Å². The zero-order valence-electron chi connectivity index (χ0n) is 13.0. The number of carbonyl (C=O) groups is 1. The Morgan fingerprint density at radius 3 is 2.90 bits per heavy atom. The van der Waals surface area contributed by atoms with Crippen molar-refractivity contribution in [3.05, 3.63) is 35.4 Å². The number of likely N-dealkylation sites (N-methyl/N-ethyl adjacent to an activating group) is 1. The summed E-state index contributed by atoms with van der Waals surface area (Å²) in [6.07, 6.45) is 5.70. The lowest BCUT2D eigenvalue weighted by Gasteiger charge is -2.31. The van der Waals surface area contributed by atoms with Gasteiger partial charge in [0.05, 0.1) is 5.92 Å². The Kier molecular flexibility index (Phi) is 4.59. The number of nitrogens with one attached hydrogen (secondary N) is 1. The van der Waals surface area contributed by atoms with Crippen molar-refractivity contribution in [2.75, 3.05) is 19.6 Å². The Morgan fingerprint density at radius 2 is 2.14 bits per heavy atom. The fourth-order valence-electron chi connectivity index (χ4n) is 3.78. The van der Waals surface area contributed by atoms with Crippen LogP contribution in [-0.2, 0) is 11.2 Å². The van der Waals surface area contributed by atoms with Crippen LogP contribution in [0.25, 0.3) is 0 Å². The lowest BCUT2D eigenvalue weighted by Crippen LogP contribution is -2.43. The summed E-state index contributed by atoms with van der Waals surface area (Å²) in [5, 5.41) is 3.50. The SMILES string of the molecule is CCN(CC1CCCN1)C(=O)C1CCCc2ccccc21. The quantitative estimate of drug-likeness (QED) is 0.923. The van der Waals surface area contributed by atoms with Gasteiger partial charge in [0.1, 0.15) is 0 Å². The molecular formula is C18H26N2O. The van der Waals surface area contributed by atoms with Crippen LogP contribution in [0.3, 0.4) is 0 Å².